The van der Waals surface area contributed by atoms with E-state index >= 15 is 0 Å². The minimum Gasteiger partial charge on any atom is -0.364 e. The number of alkyl halides is 2. The van der Waals surface area contributed by atoms with Crippen LogP contribution in [0.1, 0.15) is 18.4 Å². The summed E-state index contributed by atoms with van der Waals surface area (Å²) in [6.07, 6.45) is 1.53. The summed E-state index contributed by atoms with van der Waals surface area (Å²) in [5.41, 5.74) is 0.712. The van der Waals surface area contributed by atoms with Crippen molar-refractivity contribution in [2.45, 2.75) is 18.9 Å². The molecule has 1 aliphatic rings. The van der Waals surface area contributed by atoms with Gasteiger partial charge in [-0.1, -0.05) is 18.2 Å². The number of carbonyl (C=O) groups is 1. The van der Waals surface area contributed by atoms with Crippen LogP contribution in [0, 0.1) is 0 Å². The smallest absolute Gasteiger partial charge is 0.321 e. The summed E-state index contributed by atoms with van der Waals surface area (Å²) in [5.74, 6) is 0.691. The number of rotatable bonds is 4. The number of imidazole rings is 1. The first-order valence-corrected chi connectivity index (χ1v) is 8.60. The highest BCUT2D eigenvalue weighted by Crippen LogP contribution is 2.27. The molecule has 1 aromatic carbocycles. The van der Waals surface area contributed by atoms with Crippen LogP contribution >= 0.6 is 0 Å². The van der Waals surface area contributed by atoms with Gasteiger partial charge < -0.3 is 15.5 Å². The molecule has 0 aliphatic carbocycles. The van der Waals surface area contributed by atoms with E-state index in [1.54, 1.807) is 27.9 Å². The highest BCUT2D eigenvalue weighted by molar-refractivity contribution is 5.90. The van der Waals surface area contributed by atoms with E-state index in [0.29, 0.717) is 18.9 Å². The van der Waals surface area contributed by atoms with Crippen molar-refractivity contribution in [2.75, 3.05) is 23.7 Å². The molecular formula is C18H18F2N6O. The van der Waals surface area contributed by atoms with E-state index in [4.69, 9.17) is 0 Å². The lowest BCUT2D eigenvalue weighted by Gasteiger charge is -2.19. The van der Waals surface area contributed by atoms with Gasteiger partial charge in [0.1, 0.15) is 5.82 Å². The van der Waals surface area contributed by atoms with Crippen LogP contribution < -0.4 is 10.6 Å². The Bertz CT molecular complexity index is 960. The van der Waals surface area contributed by atoms with E-state index in [2.05, 4.69) is 20.7 Å². The number of anilines is 2. The van der Waals surface area contributed by atoms with Gasteiger partial charge in [0.25, 0.3) is 6.43 Å². The van der Waals surface area contributed by atoms with Crippen LogP contribution in [-0.4, -0.2) is 44.7 Å². The van der Waals surface area contributed by atoms with Crippen molar-refractivity contribution in [3.05, 3.63) is 54.4 Å². The molecular weight excluding hydrogens is 354 g/mol. The highest BCUT2D eigenvalue weighted by atomic mass is 19.3. The van der Waals surface area contributed by atoms with Crippen LogP contribution in [0.4, 0.5) is 25.1 Å². The van der Waals surface area contributed by atoms with Crippen LogP contribution in [0.3, 0.4) is 0 Å². The fourth-order valence-electron chi connectivity index (χ4n) is 3.16. The zero-order chi connectivity index (χ0) is 18.8. The van der Waals surface area contributed by atoms with Crippen molar-refractivity contribution in [1.82, 2.24) is 19.5 Å². The summed E-state index contributed by atoms with van der Waals surface area (Å²) >= 11 is 0. The van der Waals surface area contributed by atoms with Crippen LogP contribution in [0.15, 0.2) is 48.8 Å². The van der Waals surface area contributed by atoms with Crippen LogP contribution in [-0.2, 0) is 0 Å². The number of nitrogens with zero attached hydrogens (tertiary/aromatic N) is 4. The average Bonchev–Trinajstić information content (AvgIpc) is 3.31. The van der Waals surface area contributed by atoms with Gasteiger partial charge in [-0.05, 0) is 24.6 Å². The second-order valence-electron chi connectivity index (χ2n) is 6.34. The van der Waals surface area contributed by atoms with Crippen LogP contribution in [0.25, 0.3) is 5.65 Å². The number of halogens is 2. The third-order valence-electron chi connectivity index (χ3n) is 4.52. The van der Waals surface area contributed by atoms with Crippen LogP contribution in [0.5, 0.6) is 0 Å². The monoisotopic (exact) mass is 372 g/mol. The zero-order valence-corrected chi connectivity index (χ0v) is 14.3. The normalized spacial score (nSPS) is 16.9. The molecule has 1 atom stereocenters. The van der Waals surface area contributed by atoms with Gasteiger partial charge in [-0.3, -0.25) is 0 Å². The minimum atomic E-state index is -2.64. The fourth-order valence-corrected chi connectivity index (χ4v) is 3.16. The number of para-hydroxylation sites is 1. The number of likely N-dealkylation sites (tertiary alicyclic amines) is 1. The number of hydrogen-bond donors (Lipinski definition) is 2. The standard InChI is InChI=1S/C18H18F2N6O/c19-17(20)13-3-1-2-4-14(13)23-18(27)25-9-7-12(11-25)22-15-5-6-16-21-8-10-26(16)24-15/h1-6,8,10,12,17H,7,9,11H2,(H,22,24)(H,23,27). The predicted molar refractivity (Wildman–Crippen MR) is 97.0 cm³/mol. The Hall–Kier alpha value is -3.23. The van der Waals surface area contributed by atoms with Crippen molar-refractivity contribution in [3.63, 3.8) is 0 Å². The number of amides is 2. The summed E-state index contributed by atoms with van der Waals surface area (Å²) in [7, 11) is 0. The molecule has 9 heteroatoms. The third kappa shape index (κ3) is 3.67. The lowest BCUT2D eigenvalue weighted by Crippen LogP contribution is -2.35. The number of fused-ring (bicyclic) bond motifs is 1. The molecule has 7 nitrogen and oxygen atoms in total. The first kappa shape index (κ1) is 17.2. The molecule has 2 amide bonds. The molecule has 0 saturated carbocycles. The molecule has 1 aliphatic heterocycles. The molecule has 1 saturated heterocycles. The van der Waals surface area contributed by atoms with Crippen molar-refractivity contribution in [3.8, 4) is 0 Å². The summed E-state index contributed by atoms with van der Waals surface area (Å²) in [6.45, 7) is 1.000. The third-order valence-corrected chi connectivity index (χ3v) is 4.52. The van der Waals surface area contributed by atoms with E-state index in [0.717, 1.165) is 12.1 Å². The molecule has 140 valence electrons. The Labute approximate surface area is 154 Å². The van der Waals surface area contributed by atoms with Gasteiger partial charge in [0.15, 0.2) is 5.65 Å². The summed E-state index contributed by atoms with van der Waals surface area (Å²) in [5, 5.41) is 10.3. The van der Waals surface area contributed by atoms with Gasteiger partial charge in [0, 0.05) is 37.1 Å². The maximum absolute atomic E-state index is 13.1. The lowest BCUT2D eigenvalue weighted by molar-refractivity contribution is 0.152. The molecule has 3 aromatic rings. The number of hydrogen-bond acceptors (Lipinski definition) is 4. The molecule has 1 unspecified atom stereocenters. The Morgan fingerprint density at radius 2 is 2.07 bits per heavy atom. The van der Waals surface area contributed by atoms with E-state index in [1.165, 1.54) is 18.2 Å². The van der Waals surface area contributed by atoms with Crippen molar-refractivity contribution in [2.24, 2.45) is 0 Å². The second kappa shape index (κ2) is 7.18. The molecule has 0 radical (unpaired) electrons. The SMILES string of the molecule is O=C(Nc1ccccc1C(F)F)N1CCC(Nc2ccc3nccn3n2)C1. The van der Waals surface area contributed by atoms with Gasteiger partial charge in [-0.2, -0.15) is 0 Å². The summed E-state index contributed by atoms with van der Waals surface area (Å²) in [4.78, 5) is 18.2. The van der Waals surface area contributed by atoms with Gasteiger partial charge in [-0.15, -0.1) is 5.10 Å². The molecule has 0 spiro atoms. The summed E-state index contributed by atoms with van der Waals surface area (Å²) in [6, 6.07) is 9.28. The van der Waals surface area contributed by atoms with Crippen molar-refractivity contribution in [1.29, 1.82) is 0 Å². The predicted octanol–water partition coefficient (Wildman–Crippen LogP) is 3.39. The number of urea groups is 1. The number of benzene rings is 1. The van der Waals surface area contributed by atoms with E-state index in [9.17, 15) is 13.6 Å². The van der Waals surface area contributed by atoms with Gasteiger partial charge >= 0.3 is 6.03 Å². The maximum atomic E-state index is 13.1. The van der Waals surface area contributed by atoms with Crippen molar-refractivity contribution >= 4 is 23.2 Å². The molecule has 0 bridgehead atoms. The van der Waals surface area contributed by atoms with Gasteiger partial charge in [0.2, 0.25) is 0 Å². The minimum absolute atomic E-state index is 0.0366. The molecule has 2 N–H and O–H groups in total. The first-order chi connectivity index (χ1) is 13.1. The molecule has 4 rings (SSSR count). The number of carbonyl (C=O) groups excluding carboxylic acids is 1. The Balaban J connectivity index is 1.38. The van der Waals surface area contributed by atoms with E-state index in [1.807, 2.05) is 12.1 Å². The zero-order valence-electron chi connectivity index (χ0n) is 14.3. The highest BCUT2D eigenvalue weighted by Gasteiger charge is 2.27. The summed E-state index contributed by atoms with van der Waals surface area (Å²) < 4.78 is 27.8. The van der Waals surface area contributed by atoms with Gasteiger partial charge in [-0.25, -0.2) is 23.1 Å². The lowest BCUT2D eigenvalue weighted by atomic mass is 10.2. The molecule has 27 heavy (non-hydrogen) atoms. The van der Waals surface area contributed by atoms with Crippen molar-refractivity contribution < 1.29 is 13.6 Å². The Morgan fingerprint density at radius 1 is 1.22 bits per heavy atom. The molecule has 1 fully saturated rings. The number of aromatic nitrogens is 3. The van der Waals surface area contributed by atoms with Gasteiger partial charge in [0.05, 0.1) is 5.69 Å². The number of nitrogens with one attached hydrogen (secondary N) is 2. The average molecular weight is 372 g/mol. The Morgan fingerprint density at radius 3 is 2.93 bits per heavy atom. The second-order valence-corrected chi connectivity index (χ2v) is 6.34. The first-order valence-electron chi connectivity index (χ1n) is 8.60. The fraction of sp³-hybridized carbons (Fsp3) is 0.278. The quantitative estimate of drug-likeness (QED) is 0.736. The molecule has 2 aromatic heterocycles. The Kier molecular flexibility index (Phi) is 4.57. The maximum Gasteiger partial charge on any atom is 0.321 e. The topological polar surface area (TPSA) is 74.6 Å². The van der Waals surface area contributed by atoms with E-state index < -0.39 is 6.43 Å². The van der Waals surface area contributed by atoms with Crippen LogP contribution in [0.2, 0.25) is 0 Å². The largest absolute Gasteiger partial charge is 0.364 e. The van der Waals surface area contributed by atoms with E-state index in [-0.39, 0.29) is 23.3 Å². The molecule has 3 heterocycles.